The van der Waals surface area contributed by atoms with Crippen molar-refractivity contribution in [1.29, 1.82) is 0 Å². The van der Waals surface area contributed by atoms with Crippen LogP contribution in [0.4, 0.5) is 0 Å². The number of nitrogens with one attached hydrogen (secondary N) is 1. The molecule has 2 aromatic heterocycles. The maximum absolute atomic E-state index is 12.3. The van der Waals surface area contributed by atoms with E-state index in [0.717, 1.165) is 10.3 Å². The van der Waals surface area contributed by atoms with E-state index in [-0.39, 0.29) is 18.3 Å². The molecule has 0 unspecified atom stereocenters. The highest BCUT2D eigenvalue weighted by molar-refractivity contribution is 7.14. The summed E-state index contributed by atoms with van der Waals surface area (Å²) in [6.07, 6.45) is 0.645. The van der Waals surface area contributed by atoms with Crippen LogP contribution in [-0.2, 0) is 16.0 Å². The minimum absolute atomic E-state index is 0.0904. The van der Waals surface area contributed by atoms with Crippen LogP contribution >= 0.6 is 22.9 Å². The molecule has 0 saturated heterocycles. The first kappa shape index (κ1) is 20.0. The summed E-state index contributed by atoms with van der Waals surface area (Å²) in [5.41, 5.74) is 1.01. The summed E-state index contributed by atoms with van der Waals surface area (Å²) in [6, 6.07) is 11.9. The molecular formula is C20H17ClN2O4S. The van der Waals surface area contributed by atoms with Gasteiger partial charge in [-0.15, -0.1) is 11.3 Å². The fraction of sp³-hybridized carbons (Fsp3) is 0.200. The molecule has 3 rings (SSSR count). The van der Waals surface area contributed by atoms with Gasteiger partial charge in [0, 0.05) is 23.7 Å². The molecule has 6 nitrogen and oxygen atoms in total. The number of carbonyl (C=O) groups is 3. The van der Waals surface area contributed by atoms with E-state index in [1.54, 1.807) is 36.4 Å². The first-order valence-electron chi connectivity index (χ1n) is 8.52. The number of ether oxygens (including phenoxy) is 1. The van der Waals surface area contributed by atoms with Crippen LogP contribution in [0.1, 0.15) is 31.8 Å². The Morgan fingerprint density at radius 1 is 1.14 bits per heavy atom. The van der Waals surface area contributed by atoms with Crippen molar-refractivity contribution < 1.29 is 19.1 Å². The molecule has 0 fully saturated rings. The Kier molecular flexibility index (Phi) is 6.38. The number of ketones is 1. The molecule has 0 radical (unpaired) electrons. The number of halogens is 1. The lowest BCUT2D eigenvalue weighted by molar-refractivity contribution is -0.118. The van der Waals surface area contributed by atoms with Gasteiger partial charge in [-0.3, -0.25) is 9.59 Å². The summed E-state index contributed by atoms with van der Waals surface area (Å²) in [5.74, 6) is -0.932. The van der Waals surface area contributed by atoms with Crippen molar-refractivity contribution >= 4 is 51.5 Å². The van der Waals surface area contributed by atoms with Gasteiger partial charge in [0.2, 0.25) is 11.7 Å². The number of thiophene rings is 1. The molecule has 8 heteroatoms. The summed E-state index contributed by atoms with van der Waals surface area (Å²) in [6.45, 7) is 1.64. The lowest BCUT2D eigenvalue weighted by Gasteiger charge is -2.05. The van der Waals surface area contributed by atoms with Crippen molar-refractivity contribution in [3.8, 4) is 0 Å². The average Bonchev–Trinajstić information content (AvgIpc) is 3.14. The monoisotopic (exact) mass is 416 g/mol. The quantitative estimate of drug-likeness (QED) is 0.361. The first-order chi connectivity index (χ1) is 13.4. The van der Waals surface area contributed by atoms with Crippen molar-refractivity contribution in [3.63, 3.8) is 0 Å². The first-order valence-corrected chi connectivity index (χ1v) is 9.71. The number of rotatable bonds is 7. The number of esters is 1. The average molecular weight is 417 g/mol. The normalized spacial score (nSPS) is 10.6. The third-order valence-electron chi connectivity index (χ3n) is 3.91. The zero-order chi connectivity index (χ0) is 20.1. The maximum Gasteiger partial charge on any atom is 0.338 e. The number of Topliss-reactive ketones (excluding diaryl/α,β-unsaturated/α-hetero) is 1. The van der Waals surface area contributed by atoms with E-state index in [1.165, 1.54) is 18.3 Å². The third-order valence-corrected chi connectivity index (χ3v) is 5.30. The van der Waals surface area contributed by atoms with Gasteiger partial charge in [-0.25, -0.2) is 9.78 Å². The molecule has 28 heavy (non-hydrogen) atoms. The topological polar surface area (TPSA) is 85.4 Å². The van der Waals surface area contributed by atoms with Gasteiger partial charge in [0.1, 0.15) is 5.15 Å². The maximum atomic E-state index is 12.3. The van der Waals surface area contributed by atoms with Crippen molar-refractivity contribution in [2.75, 3.05) is 13.2 Å². The van der Waals surface area contributed by atoms with Gasteiger partial charge < -0.3 is 10.1 Å². The van der Waals surface area contributed by atoms with Gasteiger partial charge in [-0.05, 0) is 48.9 Å². The molecule has 1 N–H and O–H groups in total. The third kappa shape index (κ3) is 5.15. The van der Waals surface area contributed by atoms with E-state index in [1.807, 2.05) is 6.07 Å². The summed E-state index contributed by atoms with van der Waals surface area (Å²) < 4.78 is 5.15. The van der Waals surface area contributed by atoms with Gasteiger partial charge >= 0.3 is 5.97 Å². The summed E-state index contributed by atoms with van der Waals surface area (Å²) in [4.78, 5) is 41.0. The summed E-state index contributed by atoms with van der Waals surface area (Å²) in [7, 11) is 0. The standard InChI is InChI=1S/C20H17ClN2O4S/c1-12(24)22-9-8-15-4-6-18(28-15)17(25)11-27-20(26)14-2-5-16-13(10-14)3-7-19(21)23-16/h2-7,10H,8-9,11H2,1H3,(H,22,24). The second-order valence-corrected chi connectivity index (χ2v) is 7.60. The molecule has 0 spiro atoms. The van der Waals surface area contributed by atoms with Crippen molar-refractivity contribution in [2.45, 2.75) is 13.3 Å². The second kappa shape index (κ2) is 8.95. The summed E-state index contributed by atoms with van der Waals surface area (Å²) in [5, 5.41) is 3.84. The number of carbonyl (C=O) groups excluding carboxylic acids is 3. The Hall–Kier alpha value is -2.77. The van der Waals surface area contributed by atoms with E-state index in [9.17, 15) is 14.4 Å². The molecule has 0 aliphatic rings. The zero-order valence-electron chi connectivity index (χ0n) is 15.0. The lowest BCUT2D eigenvalue weighted by Crippen LogP contribution is -2.22. The number of amides is 1. The van der Waals surface area contributed by atoms with Gasteiger partial charge in [-0.2, -0.15) is 0 Å². The highest BCUT2D eigenvalue weighted by Gasteiger charge is 2.14. The smallest absolute Gasteiger partial charge is 0.338 e. The highest BCUT2D eigenvalue weighted by atomic mass is 35.5. The van der Waals surface area contributed by atoms with Gasteiger partial charge in [0.05, 0.1) is 16.0 Å². The Balaban J connectivity index is 1.57. The van der Waals surface area contributed by atoms with E-state index < -0.39 is 5.97 Å². The fourth-order valence-electron chi connectivity index (χ4n) is 2.54. The molecule has 0 aliphatic heterocycles. The number of benzene rings is 1. The zero-order valence-corrected chi connectivity index (χ0v) is 16.6. The van der Waals surface area contributed by atoms with Crippen LogP contribution in [0.3, 0.4) is 0 Å². The largest absolute Gasteiger partial charge is 0.454 e. The highest BCUT2D eigenvalue weighted by Crippen LogP contribution is 2.19. The molecule has 1 aromatic carbocycles. The molecule has 0 aliphatic carbocycles. The van der Waals surface area contributed by atoms with E-state index >= 15 is 0 Å². The Bertz CT molecular complexity index is 1050. The fourth-order valence-corrected chi connectivity index (χ4v) is 3.62. The molecule has 2 heterocycles. The predicted octanol–water partition coefficient (Wildman–Crippen LogP) is 3.67. The van der Waals surface area contributed by atoms with Crippen molar-refractivity contribution in [1.82, 2.24) is 10.3 Å². The second-order valence-electron chi connectivity index (χ2n) is 6.04. The minimum Gasteiger partial charge on any atom is -0.454 e. The van der Waals surface area contributed by atoms with Gasteiger partial charge in [0.15, 0.2) is 6.61 Å². The van der Waals surface area contributed by atoms with Crippen LogP contribution in [0.25, 0.3) is 10.9 Å². The molecule has 144 valence electrons. The number of hydrogen-bond acceptors (Lipinski definition) is 6. The number of aromatic nitrogens is 1. The van der Waals surface area contributed by atoms with Crippen LogP contribution in [0, 0.1) is 0 Å². The Morgan fingerprint density at radius 3 is 2.75 bits per heavy atom. The van der Waals surface area contributed by atoms with E-state index in [4.69, 9.17) is 16.3 Å². The molecule has 0 bridgehead atoms. The number of pyridine rings is 1. The van der Waals surface area contributed by atoms with Crippen molar-refractivity contribution in [3.05, 3.63) is 62.9 Å². The molecule has 0 saturated carbocycles. The minimum atomic E-state index is -0.576. The Morgan fingerprint density at radius 2 is 1.96 bits per heavy atom. The molecule has 3 aromatic rings. The number of nitrogens with zero attached hydrogens (tertiary/aromatic N) is 1. The lowest BCUT2D eigenvalue weighted by atomic mass is 10.1. The number of hydrogen-bond donors (Lipinski definition) is 1. The van der Waals surface area contributed by atoms with Gasteiger partial charge in [-0.1, -0.05) is 11.6 Å². The molecular weight excluding hydrogens is 400 g/mol. The molecule has 1 amide bonds. The van der Waals surface area contributed by atoms with Crippen LogP contribution < -0.4 is 5.32 Å². The van der Waals surface area contributed by atoms with Crippen LogP contribution in [0.2, 0.25) is 5.15 Å². The summed E-state index contributed by atoms with van der Waals surface area (Å²) >= 11 is 7.18. The SMILES string of the molecule is CC(=O)NCCc1ccc(C(=O)COC(=O)c2ccc3nc(Cl)ccc3c2)s1. The Labute approximate surface area is 170 Å². The predicted molar refractivity (Wildman–Crippen MR) is 108 cm³/mol. The number of fused-ring (bicyclic) bond motifs is 1. The van der Waals surface area contributed by atoms with Gasteiger partial charge in [0.25, 0.3) is 0 Å². The van der Waals surface area contributed by atoms with E-state index in [2.05, 4.69) is 10.3 Å². The van der Waals surface area contributed by atoms with E-state index in [0.29, 0.717) is 34.1 Å². The molecule has 0 atom stereocenters. The van der Waals surface area contributed by atoms with Crippen molar-refractivity contribution in [2.24, 2.45) is 0 Å². The van der Waals surface area contributed by atoms with Crippen LogP contribution in [0.5, 0.6) is 0 Å². The van der Waals surface area contributed by atoms with Crippen LogP contribution in [-0.4, -0.2) is 35.8 Å². The van der Waals surface area contributed by atoms with Crippen LogP contribution in [0.15, 0.2) is 42.5 Å².